The van der Waals surface area contributed by atoms with E-state index in [0.29, 0.717) is 0 Å². The molecule has 0 atom stereocenters. The van der Waals surface area contributed by atoms with Gasteiger partial charge in [-0.05, 0) is 78.5 Å². The fourth-order valence-corrected chi connectivity index (χ4v) is 6.33. The van der Waals surface area contributed by atoms with E-state index < -0.39 is 0 Å². The normalized spacial score (nSPS) is 14.0. The Balaban J connectivity index is 1.31. The van der Waals surface area contributed by atoms with Crippen LogP contribution in [0.15, 0.2) is 97.2 Å². The highest BCUT2D eigenvalue weighted by Gasteiger charge is 2.36. The average molecular weight is 489 g/mol. The van der Waals surface area contributed by atoms with Gasteiger partial charge in [0.1, 0.15) is 6.54 Å². The van der Waals surface area contributed by atoms with E-state index in [1.165, 1.54) is 90.4 Å². The van der Waals surface area contributed by atoms with Crippen LogP contribution >= 0.6 is 0 Å². The maximum absolute atomic E-state index is 2.47. The zero-order valence-electron chi connectivity index (χ0n) is 22.8. The molecule has 0 aliphatic carbocycles. The number of aryl methyl sites for hydroxylation is 3. The zero-order valence-corrected chi connectivity index (χ0v) is 22.8. The van der Waals surface area contributed by atoms with Crippen molar-refractivity contribution in [2.45, 2.75) is 83.6 Å². The number of aromatic nitrogens is 1. The number of rotatable bonds is 10. The number of unbranched alkanes of at least 4 members (excludes halogenated alkanes) is 3. The van der Waals surface area contributed by atoms with Crippen molar-refractivity contribution in [3.05, 3.63) is 114 Å². The Morgan fingerprint density at radius 2 is 1.35 bits per heavy atom. The first kappa shape index (κ1) is 25.5. The molecule has 0 saturated heterocycles. The quantitative estimate of drug-likeness (QED) is 0.155. The molecule has 0 spiro atoms. The van der Waals surface area contributed by atoms with Crippen LogP contribution in [-0.2, 0) is 24.8 Å². The van der Waals surface area contributed by atoms with Gasteiger partial charge in [-0.3, -0.25) is 0 Å². The molecular formula is C36H42N+. The third-order valence-electron chi connectivity index (χ3n) is 8.78. The molecule has 37 heavy (non-hydrogen) atoms. The summed E-state index contributed by atoms with van der Waals surface area (Å²) < 4.78 is 2.46. The van der Waals surface area contributed by atoms with E-state index in [0.717, 1.165) is 13.0 Å². The molecule has 0 radical (unpaired) electrons. The molecule has 1 aliphatic rings. The van der Waals surface area contributed by atoms with Crippen LogP contribution in [0.3, 0.4) is 0 Å². The Kier molecular flexibility index (Phi) is 8.19. The lowest BCUT2D eigenvalue weighted by Crippen LogP contribution is -2.36. The molecule has 190 valence electrons. The third kappa shape index (κ3) is 5.72. The second-order valence-electron chi connectivity index (χ2n) is 10.9. The van der Waals surface area contributed by atoms with Crippen molar-refractivity contribution in [2.75, 3.05) is 0 Å². The molecule has 1 aromatic heterocycles. The van der Waals surface area contributed by atoms with Gasteiger partial charge in [0.25, 0.3) is 0 Å². The lowest BCUT2D eigenvalue weighted by atomic mass is 9.71. The summed E-state index contributed by atoms with van der Waals surface area (Å²) in [6, 6.07) is 34.1. The molecular weight excluding hydrogens is 446 g/mol. The first-order chi connectivity index (χ1) is 18.2. The molecule has 1 heteroatoms. The van der Waals surface area contributed by atoms with Crippen LogP contribution in [0.5, 0.6) is 0 Å². The Morgan fingerprint density at radius 1 is 0.649 bits per heavy atom. The molecule has 3 aromatic carbocycles. The second-order valence-corrected chi connectivity index (χ2v) is 10.9. The summed E-state index contributed by atoms with van der Waals surface area (Å²) >= 11 is 0. The summed E-state index contributed by atoms with van der Waals surface area (Å²) in [4.78, 5) is 0. The van der Waals surface area contributed by atoms with Gasteiger partial charge in [-0.25, -0.2) is 0 Å². The molecule has 1 aliphatic heterocycles. The van der Waals surface area contributed by atoms with Gasteiger partial charge in [0.15, 0.2) is 6.20 Å². The van der Waals surface area contributed by atoms with E-state index >= 15 is 0 Å². The summed E-state index contributed by atoms with van der Waals surface area (Å²) in [5, 5.41) is 0. The zero-order chi connectivity index (χ0) is 25.5. The van der Waals surface area contributed by atoms with Gasteiger partial charge in [0, 0.05) is 24.0 Å². The van der Waals surface area contributed by atoms with Crippen molar-refractivity contribution in [1.82, 2.24) is 0 Å². The Labute approximate surface area is 224 Å². The third-order valence-corrected chi connectivity index (χ3v) is 8.78. The van der Waals surface area contributed by atoms with Gasteiger partial charge in [-0.1, -0.05) is 93.4 Å². The van der Waals surface area contributed by atoms with Crippen LogP contribution in [0, 0.1) is 0 Å². The first-order valence-corrected chi connectivity index (χ1v) is 14.5. The lowest BCUT2D eigenvalue weighted by Gasteiger charge is -2.31. The van der Waals surface area contributed by atoms with Crippen LogP contribution in [0.1, 0.15) is 75.5 Å². The minimum atomic E-state index is 0.252. The van der Waals surface area contributed by atoms with Gasteiger partial charge in [0.2, 0.25) is 5.69 Å². The molecule has 2 heterocycles. The van der Waals surface area contributed by atoms with Crippen molar-refractivity contribution < 1.29 is 4.57 Å². The highest BCUT2D eigenvalue weighted by Crippen LogP contribution is 2.43. The predicted molar refractivity (Wildman–Crippen MR) is 157 cm³/mol. The fourth-order valence-electron chi connectivity index (χ4n) is 6.33. The fraction of sp³-hybridized carbons (Fsp3) is 0.361. The maximum atomic E-state index is 2.47. The maximum Gasteiger partial charge on any atom is 0.212 e. The van der Waals surface area contributed by atoms with Crippen molar-refractivity contribution in [3.8, 4) is 22.4 Å². The molecule has 4 aromatic rings. The van der Waals surface area contributed by atoms with Crippen molar-refractivity contribution >= 4 is 0 Å². The number of nitrogens with zero attached hydrogens (tertiary/aromatic N) is 1. The van der Waals surface area contributed by atoms with E-state index in [1.807, 2.05) is 0 Å². The summed E-state index contributed by atoms with van der Waals surface area (Å²) in [7, 11) is 0. The molecule has 0 N–H and O–H groups in total. The van der Waals surface area contributed by atoms with Crippen molar-refractivity contribution in [3.63, 3.8) is 0 Å². The van der Waals surface area contributed by atoms with E-state index in [-0.39, 0.29) is 5.41 Å². The van der Waals surface area contributed by atoms with Crippen LogP contribution in [0.25, 0.3) is 22.4 Å². The SMILES string of the molecule is CCC1(CC)CC[n+]2ccccc2-c2cc(-c3cccc(CCCCCCc4ccccc4)c3)ccc21. The largest absolute Gasteiger partial charge is 0.212 e. The Hall–Kier alpha value is -3.19. The lowest BCUT2D eigenvalue weighted by molar-refractivity contribution is -0.687. The van der Waals surface area contributed by atoms with E-state index in [9.17, 15) is 0 Å². The monoisotopic (exact) mass is 488 g/mol. The number of fused-ring (bicyclic) bond motifs is 3. The molecule has 0 bridgehead atoms. The highest BCUT2D eigenvalue weighted by molar-refractivity contribution is 5.74. The minimum absolute atomic E-state index is 0.252. The molecule has 0 fully saturated rings. The van der Waals surface area contributed by atoms with Crippen LogP contribution < -0.4 is 4.57 Å². The van der Waals surface area contributed by atoms with Crippen molar-refractivity contribution in [2.24, 2.45) is 0 Å². The number of hydrogen-bond donors (Lipinski definition) is 0. The second kappa shape index (κ2) is 11.9. The molecule has 1 nitrogen and oxygen atoms in total. The van der Waals surface area contributed by atoms with E-state index in [4.69, 9.17) is 0 Å². The van der Waals surface area contributed by atoms with Gasteiger partial charge >= 0.3 is 0 Å². The minimum Gasteiger partial charge on any atom is -0.198 e. The van der Waals surface area contributed by atoms with Crippen molar-refractivity contribution in [1.29, 1.82) is 0 Å². The molecule has 0 amide bonds. The Bertz CT molecular complexity index is 1300. The molecule has 0 unspecified atom stereocenters. The smallest absolute Gasteiger partial charge is 0.198 e. The number of pyridine rings is 1. The summed E-state index contributed by atoms with van der Waals surface area (Å²) in [6.07, 6.45) is 13.4. The molecule has 0 saturated carbocycles. The van der Waals surface area contributed by atoms with Crippen LogP contribution in [-0.4, -0.2) is 0 Å². The summed E-state index contributed by atoms with van der Waals surface area (Å²) in [5.74, 6) is 0. The topological polar surface area (TPSA) is 3.88 Å². The van der Waals surface area contributed by atoms with Gasteiger partial charge < -0.3 is 0 Å². The molecule has 5 rings (SSSR count). The average Bonchev–Trinajstić information content (AvgIpc) is 3.10. The predicted octanol–water partition coefficient (Wildman–Crippen LogP) is 9.12. The van der Waals surface area contributed by atoms with Gasteiger partial charge in [-0.15, -0.1) is 0 Å². The van der Waals surface area contributed by atoms with Crippen LogP contribution in [0.2, 0.25) is 0 Å². The first-order valence-electron chi connectivity index (χ1n) is 14.5. The van der Waals surface area contributed by atoms with E-state index in [1.54, 1.807) is 0 Å². The number of benzene rings is 3. The highest BCUT2D eigenvalue weighted by atomic mass is 15.0. The van der Waals surface area contributed by atoms with Gasteiger partial charge in [-0.2, -0.15) is 4.57 Å². The van der Waals surface area contributed by atoms with E-state index in [2.05, 4.69) is 116 Å². The standard InChI is InChI=1S/C36H42N/c1-3-36(4-2)24-26-37-25-13-12-21-35(37)33-28-32(22-23-34(33)36)31-20-14-19-30(27-31)18-9-6-5-8-15-29-16-10-7-11-17-29/h7,10-14,16-17,19-23,25,27-28H,3-6,8-9,15,18,24,26H2,1-2H3/q+1. The van der Waals surface area contributed by atoms with Crippen LogP contribution in [0.4, 0.5) is 0 Å². The summed E-state index contributed by atoms with van der Waals surface area (Å²) in [6.45, 7) is 5.82. The summed E-state index contributed by atoms with van der Waals surface area (Å²) in [5.41, 5.74) is 10.2. The van der Waals surface area contributed by atoms with Gasteiger partial charge in [0.05, 0.1) is 5.56 Å². The Morgan fingerprint density at radius 3 is 2.14 bits per heavy atom. The number of hydrogen-bond acceptors (Lipinski definition) is 0.